The molecular formula is C14H20BrN. The molecule has 88 valence electrons. The molecule has 1 aliphatic carbocycles. The predicted molar refractivity (Wildman–Crippen MR) is 73.7 cm³/mol. The predicted octanol–water partition coefficient (Wildman–Crippen LogP) is 4.69. The number of halogens is 1. The number of nitrogens with one attached hydrogen (secondary N) is 1. The van der Waals surface area contributed by atoms with Crippen LogP contribution in [0.1, 0.15) is 33.1 Å². The maximum absolute atomic E-state index is 3.65. The zero-order chi connectivity index (χ0) is 11.5. The highest BCUT2D eigenvalue weighted by Crippen LogP contribution is 2.30. The van der Waals surface area contributed by atoms with Crippen molar-refractivity contribution in [3.05, 3.63) is 28.7 Å². The van der Waals surface area contributed by atoms with E-state index in [0.717, 1.165) is 16.3 Å². The minimum atomic E-state index is 0.653. The van der Waals surface area contributed by atoms with Crippen LogP contribution in [0.4, 0.5) is 5.69 Å². The van der Waals surface area contributed by atoms with Gasteiger partial charge in [-0.15, -0.1) is 0 Å². The number of anilines is 1. The second-order valence-electron chi connectivity index (χ2n) is 5.27. The summed E-state index contributed by atoms with van der Waals surface area (Å²) in [5.41, 5.74) is 1.24. The summed E-state index contributed by atoms with van der Waals surface area (Å²) in [4.78, 5) is 0. The van der Waals surface area contributed by atoms with Crippen LogP contribution in [0.15, 0.2) is 28.7 Å². The minimum absolute atomic E-state index is 0.653. The molecule has 0 heterocycles. The molecule has 0 saturated heterocycles. The van der Waals surface area contributed by atoms with E-state index in [2.05, 4.69) is 59.4 Å². The molecule has 0 radical (unpaired) electrons. The smallest absolute Gasteiger partial charge is 0.0343 e. The molecule has 1 aliphatic rings. The Balaban J connectivity index is 1.96. The Bertz CT molecular complexity index is 323. The lowest BCUT2D eigenvalue weighted by Crippen LogP contribution is -2.30. The highest BCUT2D eigenvalue weighted by atomic mass is 79.9. The van der Waals surface area contributed by atoms with Gasteiger partial charge in [-0.05, 0) is 55.4 Å². The Hall–Kier alpha value is -0.500. The molecule has 2 rings (SSSR count). The number of benzene rings is 1. The molecule has 0 aromatic heterocycles. The van der Waals surface area contributed by atoms with Gasteiger partial charge in [0, 0.05) is 16.2 Å². The van der Waals surface area contributed by atoms with Crippen LogP contribution in [0, 0.1) is 11.8 Å². The van der Waals surface area contributed by atoms with E-state index in [1.165, 1.54) is 24.9 Å². The normalized spacial score (nSPS) is 30.1. The quantitative estimate of drug-likeness (QED) is 0.830. The molecular weight excluding hydrogens is 262 g/mol. The van der Waals surface area contributed by atoms with Gasteiger partial charge in [0.1, 0.15) is 0 Å². The summed E-state index contributed by atoms with van der Waals surface area (Å²) in [7, 11) is 0. The van der Waals surface area contributed by atoms with Gasteiger partial charge in [0.05, 0.1) is 0 Å². The Labute approximate surface area is 107 Å². The van der Waals surface area contributed by atoms with Crippen molar-refractivity contribution in [1.29, 1.82) is 0 Å². The lowest BCUT2D eigenvalue weighted by atomic mass is 9.80. The van der Waals surface area contributed by atoms with Gasteiger partial charge in [-0.2, -0.15) is 0 Å². The molecule has 2 unspecified atom stereocenters. The van der Waals surface area contributed by atoms with Crippen LogP contribution >= 0.6 is 15.9 Å². The van der Waals surface area contributed by atoms with Gasteiger partial charge in [-0.25, -0.2) is 0 Å². The first-order valence-corrected chi connectivity index (χ1v) is 6.95. The Kier molecular flexibility index (Phi) is 3.91. The van der Waals surface area contributed by atoms with Crippen molar-refractivity contribution >= 4 is 21.6 Å². The molecule has 1 aromatic carbocycles. The summed E-state index contributed by atoms with van der Waals surface area (Å²) in [5.74, 6) is 1.72. The minimum Gasteiger partial charge on any atom is -0.382 e. The van der Waals surface area contributed by atoms with Gasteiger partial charge < -0.3 is 5.32 Å². The highest BCUT2D eigenvalue weighted by Gasteiger charge is 2.23. The fourth-order valence-corrected chi connectivity index (χ4v) is 3.11. The van der Waals surface area contributed by atoms with Crippen LogP contribution in [0.25, 0.3) is 0 Å². The molecule has 0 aliphatic heterocycles. The maximum Gasteiger partial charge on any atom is 0.0343 e. The van der Waals surface area contributed by atoms with Gasteiger partial charge in [-0.1, -0.05) is 29.8 Å². The molecule has 1 saturated carbocycles. The van der Waals surface area contributed by atoms with Crippen molar-refractivity contribution in [3.63, 3.8) is 0 Å². The van der Waals surface area contributed by atoms with E-state index >= 15 is 0 Å². The van der Waals surface area contributed by atoms with Crippen molar-refractivity contribution in [2.75, 3.05) is 5.32 Å². The summed E-state index contributed by atoms with van der Waals surface area (Å²) in [6.07, 6.45) is 4.00. The van der Waals surface area contributed by atoms with Crippen LogP contribution in [-0.2, 0) is 0 Å². The zero-order valence-electron chi connectivity index (χ0n) is 10.0. The fourth-order valence-electron chi connectivity index (χ4n) is 2.85. The van der Waals surface area contributed by atoms with Gasteiger partial charge in [0.2, 0.25) is 0 Å². The van der Waals surface area contributed by atoms with Gasteiger partial charge in [-0.3, -0.25) is 0 Å². The van der Waals surface area contributed by atoms with Crippen molar-refractivity contribution in [2.24, 2.45) is 11.8 Å². The number of rotatable bonds is 2. The first kappa shape index (κ1) is 12.0. The van der Waals surface area contributed by atoms with E-state index in [4.69, 9.17) is 0 Å². The van der Waals surface area contributed by atoms with Gasteiger partial charge >= 0.3 is 0 Å². The third-order valence-electron chi connectivity index (χ3n) is 3.39. The van der Waals surface area contributed by atoms with Crippen LogP contribution < -0.4 is 5.32 Å². The monoisotopic (exact) mass is 281 g/mol. The van der Waals surface area contributed by atoms with Crippen LogP contribution in [-0.4, -0.2) is 6.04 Å². The molecule has 0 spiro atoms. The molecule has 0 bridgehead atoms. The third kappa shape index (κ3) is 3.24. The van der Waals surface area contributed by atoms with E-state index in [-0.39, 0.29) is 0 Å². The average Bonchev–Trinajstić information content (AvgIpc) is 2.20. The summed E-state index contributed by atoms with van der Waals surface area (Å²) < 4.78 is 1.14. The van der Waals surface area contributed by atoms with E-state index < -0.39 is 0 Å². The molecule has 1 aromatic rings. The molecule has 2 heteroatoms. The topological polar surface area (TPSA) is 12.0 Å². The van der Waals surface area contributed by atoms with E-state index in [1.54, 1.807) is 0 Å². The fraction of sp³-hybridized carbons (Fsp3) is 0.571. The lowest BCUT2D eigenvalue weighted by Gasteiger charge is -2.32. The third-order valence-corrected chi connectivity index (χ3v) is 3.92. The molecule has 2 atom stereocenters. The summed E-state index contributed by atoms with van der Waals surface area (Å²) in [5, 5.41) is 3.65. The Morgan fingerprint density at radius 2 is 1.56 bits per heavy atom. The highest BCUT2D eigenvalue weighted by molar-refractivity contribution is 9.10. The molecule has 16 heavy (non-hydrogen) atoms. The number of hydrogen-bond donors (Lipinski definition) is 1. The molecule has 1 nitrogen and oxygen atoms in total. The SMILES string of the molecule is CC1CC(C)CC(Nc2ccc(Br)cc2)C1. The Morgan fingerprint density at radius 3 is 2.12 bits per heavy atom. The molecule has 0 amide bonds. The summed E-state index contributed by atoms with van der Waals surface area (Å²) in [6.45, 7) is 4.73. The van der Waals surface area contributed by atoms with E-state index in [0.29, 0.717) is 6.04 Å². The lowest BCUT2D eigenvalue weighted by molar-refractivity contribution is 0.281. The average molecular weight is 282 g/mol. The largest absolute Gasteiger partial charge is 0.382 e. The summed E-state index contributed by atoms with van der Waals surface area (Å²) in [6, 6.07) is 9.14. The maximum atomic E-state index is 3.65. The van der Waals surface area contributed by atoms with Crippen LogP contribution in [0.2, 0.25) is 0 Å². The van der Waals surface area contributed by atoms with Crippen LogP contribution in [0.5, 0.6) is 0 Å². The molecule has 1 N–H and O–H groups in total. The van der Waals surface area contributed by atoms with E-state index in [9.17, 15) is 0 Å². The first-order valence-electron chi connectivity index (χ1n) is 6.15. The van der Waals surface area contributed by atoms with Crippen molar-refractivity contribution in [3.8, 4) is 0 Å². The number of hydrogen-bond acceptors (Lipinski definition) is 1. The Morgan fingerprint density at radius 1 is 1.00 bits per heavy atom. The van der Waals surface area contributed by atoms with Crippen molar-refractivity contribution in [2.45, 2.75) is 39.2 Å². The zero-order valence-corrected chi connectivity index (χ0v) is 11.6. The van der Waals surface area contributed by atoms with Gasteiger partial charge in [0.25, 0.3) is 0 Å². The second kappa shape index (κ2) is 5.22. The standard InChI is InChI=1S/C14H20BrN/c1-10-7-11(2)9-14(8-10)16-13-5-3-12(15)4-6-13/h3-6,10-11,14,16H,7-9H2,1-2H3. The van der Waals surface area contributed by atoms with Crippen molar-refractivity contribution < 1.29 is 0 Å². The first-order chi connectivity index (χ1) is 7.63. The second-order valence-corrected chi connectivity index (χ2v) is 6.18. The summed E-state index contributed by atoms with van der Waals surface area (Å²) >= 11 is 3.46. The molecule has 1 fully saturated rings. The van der Waals surface area contributed by atoms with E-state index in [1.807, 2.05) is 0 Å². The van der Waals surface area contributed by atoms with Crippen LogP contribution in [0.3, 0.4) is 0 Å². The van der Waals surface area contributed by atoms with Gasteiger partial charge in [0.15, 0.2) is 0 Å². The van der Waals surface area contributed by atoms with Crippen molar-refractivity contribution in [1.82, 2.24) is 0 Å².